The number of carbonyl (C=O) groups excluding carboxylic acids is 1. The first-order valence-corrected chi connectivity index (χ1v) is 10.5. The maximum absolute atomic E-state index is 14.0. The molecule has 150 valence electrons. The molecule has 0 aromatic heterocycles. The number of benzene rings is 1. The van der Waals surface area contributed by atoms with Crippen molar-refractivity contribution in [3.63, 3.8) is 0 Å². The fraction of sp³-hybridized carbons (Fsp3) is 0.682. The van der Waals surface area contributed by atoms with E-state index in [1.165, 1.54) is 44.6 Å². The molecule has 1 spiro atoms. The Balaban J connectivity index is 1.77. The van der Waals surface area contributed by atoms with E-state index in [0.717, 1.165) is 37.9 Å². The van der Waals surface area contributed by atoms with Crippen molar-refractivity contribution in [2.24, 2.45) is 5.41 Å². The van der Waals surface area contributed by atoms with E-state index in [2.05, 4.69) is 21.6 Å². The molecule has 1 saturated heterocycles. The third-order valence-corrected chi connectivity index (χ3v) is 6.67. The van der Waals surface area contributed by atoms with Gasteiger partial charge in [0, 0.05) is 25.2 Å². The van der Waals surface area contributed by atoms with Crippen LogP contribution in [0.5, 0.6) is 0 Å². The molecule has 4 nitrogen and oxygen atoms in total. The van der Waals surface area contributed by atoms with E-state index in [9.17, 15) is 9.18 Å². The van der Waals surface area contributed by atoms with Crippen molar-refractivity contribution in [1.29, 1.82) is 0 Å². The Labute approximate surface area is 162 Å². The van der Waals surface area contributed by atoms with Gasteiger partial charge in [0.1, 0.15) is 5.82 Å². The molecule has 2 aliphatic rings. The summed E-state index contributed by atoms with van der Waals surface area (Å²) in [4.78, 5) is 13.2. The highest BCUT2D eigenvalue weighted by Crippen LogP contribution is 2.46. The van der Waals surface area contributed by atoms with Gasteiger partial charge in [-0.25, -0.2) is 4.39 Å². The fourth-order valence-corrected chi connectivity index (χ4v) is 5.22. The van der Waals surface area contributed by atoms with E-state index in [-0.39, 0.29) is 17.9 Å². The summed E-state index contributed by atoms with van der Waals surface area (Å²) in [5.41, 5.74) is 1.56. The molecule has 1 aliphatic carbocycles. The van der Waals surface area contributed by atoms with Crippen LogP contribution in [0.25, 0.3) is 0 Å². The summed E-state index contributed by atoms with van der Waals surface area (Å²) in [6, 6.07) is 7.63. The average molecular weight is 376 g/mol. The lowest BCUT2D eigenvalue weighted by atomic mass is 9.77. The van der Waals surface area contributed by atoms with Crippen LogP contribution < -0.4 is 10.6 Å². The molecule has 2 unspecified atom stereocenters. The number of hydrogen-bond acceptors (Lipinski definition) is 3. The highest BCUT2D eigenvalue weighted by atomic mass is 19.1. The summed E-state index contributed by atoms with van der Waals surface area (Å²) in [5.74, 6) is -0.159. The molecule has 1 heterocycles. The minimum atomic E-state index is -0.159. The second-order valence-electron chi connectivity index (χ2n) is 8.43. The molecule has 27 heavy (non-hydrogen) atoms. The predicted octanol–water partition coefficient (Wildman–Crippen LogP) is 3.64. The summed E-state index contributed by atoms with van der Waals surface area (Å²) in [5, 5.41) is 6.16. The number of hydrogen-bond donors (Lipinski definition) is 2. The lowest BCUT2D eigenvalue weighted by Gasteiger charge is -2.45. The molecule has 2 N–H and O–H groups in total. The zero-order chi connectivity index (χ0) is 19.1. The number of nitrogens with zero attached hydrogens (tertiary/aromatic N) is 1. The number of rotatable bonds is 9. The summed E-state index contributed by atoms with van der Waals surface area (Å²) in [7, 11) is 1.98. The Morgan fingerprint density at radius 2 is 2.04 bits per heavy atom. The highest BCUT2D eigenvalue weighted by Gasteiger charge is 2.40. The minimum Gasteiger partial charge on any atom is -0.359 e. The summed E-state index contributed by atoms with van der Waals surface area (Å²) in [6.45, 7) is 2.89. The lowest BCUT2D eigenvalue weighted by Crippen LogP contribution is -2.45. The van der Waals surface area contributed by atoms with Crippen molar-refractivity contribution in [3.05, 3.63) is 35.6 Å². The number of amides is 1. The molecule has 2 fully saturated rings. The van der Waals surface area contributed by atoms with Gasteiger partial charge >= 0.3 is 0 Å². The Kier molecular flexibility index (Phi) is 7.25. The van der Waals surface area contributed by atoms with Gasteiger partial charge in [0.15, 0.2) is 0 Å². The zero-order valence-electron chi connectivity index (χ0n) is 16.6. The van der Waals surface area contributed by atoms with Crippen molar-refractivity contribution in [2.45, 2.75) is 63.5 Å². The Morgan fingerprint density at radius 1 is 1.26 bits per heavy atom. The largest absolute Gasteiger partial charge is 0.359 e. The standard InChI is InChI=1S/C22H34FN3O/c1-24-20(8-12-25-17-27)15-21(18-6-4-7-19(23)14-18)26-13-5-11-22(16-26)9-2-3-10-22/h4,6-7,14,17,20-21,24H,2-3,5,8-13,15-16H2,1H3,(H,25,27). The Hall–Kier alpha value is -1.46. The number of nitrogens with one attached hydrogen (secondary N) is 2. The maximum Gasteiger partial charge on any atom is 0.207 e. The predicted molar refractivity (Wildman–Crippen MR) is 107 cm³/mol. The van der Waals surface area contributed by atoms with Gasteiger partial charge in [-0.2, -0.15) is 0 Å². The van der Waals surface area contributed by atoms with E-state index in [1.54, 1.807) is 6.07 Å². The van der Waals surface area contributed by atoms with Crippen LogP contribution >= 0.6 is 0 Å². The monoisotopic (exact) mass is 375 g/mol. The molecular formula is C22H34FN3O. The highest BCUT2D eigenvalue weighted by molar-refractivity contribution is 5.45. The van der Waals surface area contributed by atoms with Crippen LogP contribution in [0, 0.1) is 11.2 Å². The first-order valence-electron chi connectivity index (χ1n) is 10.5. The minimum absolute atomic E-state index is 0.159. The third-order valence-electron chi connectivity index (χ3n) is 6.67. The van der Waals surface area contributed by atoms with Crippen LogP contribution in [0.1, 0.15) is 63.0 Å². The summed E-state index contributed by atoms with van der Waals surface area (Å²) in [6.07, 6.45) is 10.5. The van der Waals surface area contributed by atoms with Gasteiger partial charge in [-0.1, -0.05) is 25.0 Å². The first-order chi connectivity index (χ1) is 13.2. The van der Waals surface area contributed by atoms with Gasteiger partial charge < -0.3 is 10.6 Å². The molecule has 0 bridgehead atoms. The number of carbonyl (C=O) groups is 1. The van der Waals surface area contributed by atoms with Gasteiger partial charge in [0.2, 0.25) is 6.41 Å². The molecule has 1 amide bonds. The van der Waals surface area contributed by atoms with Crippen molar-refractivity contribution in [1.82, 2.24) is 15.5 Å². The van der Waals surface area contributed by atoms with Crippen molar-refractivity contribution in [2.75, 3.05) is 26.7 Å². The summed E-state index contributed by atoms with van der Waals surface area (Å²) >= 11 is 0. The molecule has 0 radical (unpaired) electrons. The smallest absolute Gasteiger partial charge is 0.207 e. The van der Waals surface area contributed by atoms with Crippen LogP contribution in [0.4, 0.5) is 4.39 Å². The van der Waals surface area contributed by atoms with Gasteiger partial charge in [0.25, 0.3) is 0 Å². The number of piperidine rings is 1. The van der Waals surface area contributed by atoms with E-state index in [4.69, 9.17) is 0 Å². The number of likely N-dealkylation sites (tertiary alicyclic amines) is 1. The van der Waals surface area contributed by atoms with Gasteiger partial charge in [-0.3, -0.25) is 9.69 Å². The topological polar surface area (TPSA) is 44.4 Å². The van der Waals surface area contributed by atoms with Crippen LogP contribution in [0.2, 0.25) is 0 Å². The van der Waals surface area contributed by atoms with Crippen LogP contribution in [0.15, 0.2) is 24.3 Å². The quantitative estimate of drug-likeness (QED) is 0.512. The summed E-state index contributed by atoms with van der Waals surface area (Å²) < 4.78 is 14.0. The molecular weight excluding hydrogens is 341 g/mol. The molecule has 3 rings (SSSR count). The zero-order valence-corrected chi connectivity index (χ0v) is 16.6. The van der Waals surface area contributed by atoms with Gasteiger partial charge in [0.05, 0.1) is 0 Å². The lowest BCUT2D eigenvalue weighted by molar-refractivity contribution is -0.109. The van der Waals surface area contributed by atoms with Crippen molar-refractivity contribution < 1.29 is 9.18 Å². The molecule has 1 aromatic rings. The van der Waals surface area contributed by atoms with Crippen LogP contribution in [-0.2, 0) is 4.79 Å². The second-order valence-corrected chi connectivity index (χ2v) is 8.43. The van der Waals surface area contributed by atoms with E-state index in [1.807, 2.05) is 13.1 Å². The molecule has 5 heteroatoms. The van der Waals surface area contributed by atoms with E-state index >= 15 is 0 Å². The molecule has 2 atom stereocenters. The van der Waals surface area contributed by atoms with E-state index in [0.29, 0.717) is 12.0 Å². The van der Waals surface area contributed by atoms with E-state index < -0.39 is 0 Å². The van der Waals surface area contributed by atoms with Crippen LogP contribution in [0.3, 0.4) is 0 Å². The molecule has 1 saturated carbocycles. The molecule has 1 aliphatic heterocycles. The third kappa shape index (κ3) is 5.29. The van der Waals surface area contributed by atoms with Gasteiger partial charge in [-0.15, -0.1) is 0 Å². The number of halogens is 1. The van der Waals surface area contributed by atoms with Crippen molar-refractivity contribution in [3.8, 4) is 0 Å². The Morgan fingerprint density at radius 3 is 2.74 bits per heavy atom. The van der Waals surface area contributed by atoms with Gasteiger partial charge in [-0.05, 0) is 75.2 Å². The first kappa shape index (κ1) is 20.3. The molecule has 1 aromatic carbocycles. The SMILES string of the molecule is CNC(CCNC=O)CC(c1cccc(F)c1)N1CCCC2(CCCC2)C1. The van der Waals surface area contributed by atoms with Crippen LogP contribution in [-0.4, -0.2) is 44.0 Å². The maximum atomic E-state index is 14.0. The van der Waals surface area contributed by atoms with Crippen molar-refractivity contribution >= 4 is 6.41 Å². The Bertz CT molecular complexity index is 603. The average Bonchev–Trinajstić information content (AvgIpc) is 3.12. The fourth-order valence-electron chi connectivity index (χ4n) is 5.22. The second kappa shape index (κ2) is 9.65. The normalized spacial score (nSPS) is 21.9.